The normalized spacial score (nSPS) is 12.4. The van der Waals surface area contributed by atoms with E-state index in [-0.39, 0.29) is 6.10 Å². The van der Waals surface area contributed by atoms with Gasteiger partial charge in [-0.1, -0.05) is 50.1 Å². The van der Waals surface area contributed by atoms with Crippen molar-refractivity contribution >= 4 is 22.7 Å². The standard InChI is InChI=1S/C21H23NOS/c1-2-3-9-21(23)18-7-4-6-16(13-18)15-24-19-10-11-20-17(14-19)8-5-12-22-20/h4-8,10-14,21,23H,2-3,9,15H2,1H3. The second-order valence-electron chi connectivity index (χ2n) is 6.05. The van der Waals surface area contributed by atoms with Gasteiger partial charge in [0.2, 0.25) is 0 Å². The van der Waals surface area contributed by atoms with E-state index in [1.165, 1.54) is 15.8 Å². The number of aliphatic hydroxyl groups is 1. The Bertz CT molecular complexity index is 802. The summed E-state index contributed by atoms with van der Waals surface area (Å²) in [5, 5.41) is 11.4. The molecule has 3 heteroatoms. The van der Waals surface area contributed by atoms with Gasteiger partial charge in [0, 0.05) is 22.2 Å². The van der Waals surface area contributed by atoms with Gasteiger partial charge in [-0.15, -0.1) is 11.8 Å². The maximum absolute atomic E-state index is 10.3. The van der Waals surface area contributed by atoms with E-state index in [0.29, 0.717) is 0 Å². The number of aliphatic hydroxyl groups excluding tert-OH is 1. The zero-order valence-corrected chi connectivity index (χ0v) is 14.8. The number of unbranched alkanes of at least 4 members (excludes halogenated alkanes) is 1. The molecule has 0 bridgehead atoms. The second kappa shape index (κ2) is 8.32. The maximum atomic E-state index is 10.3. The van der Waals surface area contributed by atoms with Crippen molar-refractivity contribution in [3.8, 4) is 0 Å². The Morgan fingerprint density at radius 2 is 2.00 bits per heavy atom. The highest BCUT2D eigenvalue weighted by Gasteiger charge is 2.07. The van der Waals surface area contributed by atoms with Crippen molar-refractivity contribution in [2.24, 2.45) is 0 Å². The van der Waals surface area contributed by atoms with E-state index >= 15 is 0 Å². The van der Waals surface area contributed by atoms with Crippen LogP contribution in [0.15, 0.2) is 65.7 Å². The molecule has 0 aliphatic rings. The minimum Gasteiger partial charge on any atom is -0.388 e. The highest BCUT2D eigenvalue weighted by atomic mass is 32.2. The Labute approximate surface area is 147 Å². The fourth-order valence-electron chi connectivity index (χ4n) is 2.76. The van der Waals surface area contributed by atoms with Gasteiger partial charge in [-0.3, -0.25) is 4.98 Å². The third kappa shape index (κ3) is 4.37. The number of benzene rings is 2. The number of hydrogen-bond acceptors (Lipinski definition) is 3. The van der Waals surface area contributed by atoms with Crippen LogP contribution >= 0.6 is 11.8 Å². The summed E-state index contributed by atoms with van der Waals surface area (Å²) in [7, 11) is 0. The quantitative estimate of drug-likeness (QED) is 0.557. The average Bonchev–Trinajstić information content (AvgIpc) is 2.64. The Balaban J connectivity index is 1.67. The summed E-state index contributed by atoms with van der Waals surface area (Å²) >= 11 is 1.82. The summed E-state index contributed by atoms with van der Waals surface area (Å²) in [4.78, 5) is 5.60. The van der Waals surface area contributed by atoms with Gasteiger partial charge in [-0.25, -0.2) is 0 Å². The predicted molar refractivity (Wildman–Crippen MR) is 102 cm³/mol. The molecule has 0 fully saturated rings. The molecular formula is C21H23NOS. The first-order valence-corrected chi connectivity index (χ1v) is 9.49. The SMILES string of the molecule is CCCCC(O)c1cccc(CSc2ccc3ncccc3c2)c1. The third-order valence-corrected chi connectivity index (χ3v) is 5.21. The molecule has 1 atom stereocenters. The van der Waals surface area contributed by atoms with E-state index in [1.807, 2.05) is 36.2 Å². The lowest BCUT2D eigenvalue weighted by molar-refractivity contribution is 0.164. The molecule has 1 aromatic heterocycles. The number of thioether (sulfide) groups is 1. The number of pyridine rings is 1. The fourth-order valence-corrected chi connectivity index (χ4v) is 3.65. The van der Waals surface area contributed by atoms with Crippen LogP contribution in [-0.4, -0.2) is 10.1 Å². The molecule has 0 aliphatic carbocycles. The summed E-state index contributed by atoms with van der Waals surface area (Å²) in [6, 6.07) is 18.8. The smallest absolute Gasteiger partial charge is 0.0790 e. The van der Waals surface area contributed by atoms with Gasteiger partial charge in [0.15, 0.2) is 0 Å². The summed E-state index contributed by atoms with van der Waals surface area (Å²) in [6.45, 7) is 2.15. The molecule has 0 amide bonds. The molecule has 0 aliphatic heterocycles. The summed E-state index contributed by atoms with van der Waals surface area (Å²) < 4.78 is 0. The lowest BCUT2D eigenvalue weighted by Crippen LogP contribution is -1.98. The van der Waals surface area contributed by atoms with Crippen molar-refractivity contribution in [1.29, 1.82) is 0 Å². The predicted octanol–water partition coefficient (Wildman–Crippen LogP) is 5.75. The van der Waals surface area contributed by atoms with Gasteiger partial charge in [0.25, 0.3) is 0 Å². The van der Waals surface area contributed by atoms with Crippen LogP contribution < -0.4 is 0 Å². The fraction of sp³-hybridized carbons (Fsp3) is 0.286. The van der Waals surface area contributed by atoms with Crippen LogP contribution in [-0.2, 0) is 5.75 Å². The topological polar surface area (TPSA) is 33.1 Å². The number of hydrogen-bond donors (Lipinski definition) is 1. The molecular weight excluding hydrogens is 314 g/mol. The van der Waals surface area contributed by atoms with Gasteiger partial charge in [-0.2, -0.15) is 0 Å². The maximum Gasteiger partial charge on any atom is 0.0790 e. The molecule has 3 rings (SSSR count). The minimum atomic E-state index is -0.346. The first kappa shape index (κ1) is 17.0. The van der Waals surface area contributed by atoms with Crippen molar-refractivity contribution in [3.05, 3.63) is 71.9 Å². The first-order chi connectivity index (χ1) is 11.8. The summed E-state index contributed by atoms with van der Waals surface area (Å²) in [5.41, 5.74) is 3.31. The lowest BCUT2D eigenvalue weighted by atomic mass is 10.0. The van der Waals surface area contributed by atoms with Crippen molar-refractivity contribution in [2.45, 2.75) is 42.9 Å². The zero-order chi connectivity index (χ0) is 16.8. The van der Waals surface area contributed by atoms with Crippen LogP contribution in [0.2, 0.25) is 0 Å². The monoisotopic (exact) mass is 337 g/mol. The van der Waals surface area contributed by atoms with E-state index in [9.17, 15) is 5.11 Å². The lowest BCUT2D eigenvalue weighted by Gasteiger charge is -2.12. The van der Waals surface area contributed by atoms with Gasteiger partial charge < -0.3 is 5.11 Å². The van der Waals surface area contributed by atoms with Crippen molar-refractivity contribution in [2.75, 3.05) is 0 Å². The molecule has 0 spiro atoms. The number of nitrogens with zero attached hydrogens (tertiary/aromatic N) is 1. The number of rotatable bonds is 7. The van der Waals surface area contributed by atoms with Gasteiger partial charge in [0.05, 0.1) is 11.6 Å². The van der Waals surface area contributed by atoms with Crippen LogP contribution in [0.25, 0.3) is 10.9 Å². The number of aromatic nitrogens is 1. The molecule has 2 nitrogen and oxygen atoms in total. The summed E-state index contributed by atoms with van der Waals surface area (Å²) in [5.74, 6) is 0.903. The Hall–Kier alpha value is -1.84. The van der Waals surface area contributed by atoms with Gasteiger partial charge in [0.1, 0.15) is 0 Å². The van der Waals surface area contributed by atoms with Crippen molar-refractivity contribution in [3.63, 3.8) is 0 Å². The molecule has 1 unspecified atom stereocenters. The molecule has 1 N–H and O–H groups in total. The molecule has 24 heavy (non-hydrogen) atoms. The largest absolute Gasteiger partial charge is 0.388 e. The highest BCUT2D eigenvalue weighted by molar-refractivity contribution is 7.98. The summed E-state index contributed by atoms with van der Waals surface area (Å²) in [6.07, 6.45) is 4.49. The van der Waals surface area contributed by atoms with Gasteiger partial charge >= 0.3 is 0 Å². The Morgan fingerprint density at radius 3 is 2.88 bits per heavy atom. The average molecular weight is 337 g/mol. The molecule has 3 aromatic rings. The Morgan fingerprint density at radius 1 is 1.08 bits per heavy atom. The van der Waals surface area contributed by atoms with E-state index in [2.05, 4.69) is 48.3 Å². The van der Waals surface area contributed by atoms with Crippen LogP contribution in [0.5, 0.6) is 0 Å². The third-order valence-electron chi connectivity index (χ3n) is 4.15. The minimum absolute atomic E-state index is 0.346. The van der Waals surface area contributed by atoms with Crippen LogP contribution in [0.1, 0.15) is 43.4 Å². The second-order valence-corrected chi connectivity index (χ2v) is 7.10. The Kier molecular flexibility index (Phi) is 5.89. The van der Waals surface area contributed by atoms with E-state index in [4.69, 9.17) is 0 Å². The first-order valence-electron chi connectivity index (χ1n) is 8.51. The van der Waals surface area contributed by atoms with Gasteiger partial charge in [-0.05, 0) is 41.8 Å². The molecule has 2 aromatic carbocycles. The van der Waals surface area contributed by atoms with E-state index in [0.717, 1.165) is 36.1 Å². The molecule has 0 radical (unpaired) electrons. The molecule has 0 saturated carbocycles. The van der Waals surface area contributed by atoms with Crippen LogP contribution in [0.4, 0.5) is 0 Å². The van der Waals surface area contributed by atoms with Crippen LogP contribution in [0, 0.1) is 0 Å². The van der Waals surface area contributed by atoms with E-state index < -0.39 is 0 Å². The van der Waals surface area contributed by atoms with Crippen LogP contribution in [0.3, 0.4) is 0 Å². The zero-order valence-electron chi connectivity index (χ0n) is 14.0. The molecule has 1 heterocycles. The van der Waals surface area contributed by atoms with Crippen molar-refractivity contribution in [1.82, 2.24) is 4.98 Å². The highest BCUT2D eigenvalue weighted by Crippen LogP contribution is 2.27. The molecule has 124 valence electrons. The van der Waals surface area contributed by atoms with Crippen molar-refractivity contribution < 1.29 is 5.11 Å². The number of fused-ring (bicyclic) bond motifs is 1. The van der Waals surface area contributed by atoms with E-state index in [1.54, 1.807) is 0 Å². The molecule has 0 saturated heterocycles.